The second-order valence-corrected chi connectivity index (χ2v) is 7.12. The summed E-state index contributed by atoms with van der Waals surface area (Å²) in [5.41, 5.74) is -0.417. The van der Waals surface area contributed by atoms with Crippen LogP contribution < -0.4 is 5.32 Å². The Morgan fingerprint density at radius 1 is 1.32 bits per heavy atom. The first kappa shape index (κ1) is 17.7. The van der Waals surface area contributed by atoms with Gasteiger partial charge in [-0.25, -0.2) is 4.98 Å². The maximum atomic E-state index is 12.8. The molecule has 0 bridgehead atoms. The predicted molar refractivity (Wildman–Crippen MR) is 85.6 cm³/mol. The van der Waals surface area contributed by atoms with Crippen molar-refractivity contribution in [2.24, 2.45) is 5.92 Å². The van der Waals surface area contributed by atoms with E-state index in [4.69, 9.17) is 5.11 Å². The second-order valence-electron chi connectivity index (χ2n) is 6.12. The van der Waals surface area contributed by atoms with E-state index in [0.717, 1.165) is 17.4 Å². The summed E-state index contributed by atoms with van der Waals surface area (Å²) < 4.78 is 38.3. The maximum Gasteiger partial charge on any atom is 0.433 e. The number of aryl methyl sites for hydroxylation is 1. The summed E-state index contributed by atoms with van der Waals surface area (Å²) in [7, 11) is 0. The van der Waals surface area contributed by atoms with Crippen LogP contribution in [-0.4, -0.2) is 28.0 Å². The average molecular weight is 372 g/mol. The number of nitrogens with zero attached hydrogens (tertiary/aromatic N) is 1. The van der Waals surface area contributed by atoms with Crippen molar-refractivity contribution in [2.75, 3.05) is 0 Å². The fourth-order valence-electron chi connectivity index (χ4n) is 3.06. The number of amides is 1. The number of nitrogens with one attached hydrogen (secondary N) is 1. The van der Waals surface area contributed by atoms with Gasteiger partial charge in [-0.1, -0.05) is 0 Å². The molecule has 0 radical (unpaired) electrons. The van der Waals surface area contributed by atoms with Gasteiger partial charge in [-0.3, -0.25) is 9.59 Å². The molecule has 2 N–H and O–H groups in total. The highest BCUT2D eigenvalue weighted by atomic mass is 32.1. The minimum Gasteiger partial charge on any atom is -0.481 e. The fraction of sp³-hybridized carbons (Fsp3) is 0.438. The molecule has 1 fully saturated rings. The summed E-state index contributed by atoms with van der Waals surface area (Å²) in [6.45, 7) is 1.66. The fourth-order valence-corrected chi connectivity index (χ4v) is 4.14. The predicted octanol–water partition coefficient (Wildman–Crippen LogP) is 3.61. The number of carboxylic acid groups (broad SMARTS) is 1. The zero-order valence-electron chi connectivity index (χ0n) is 13.2. The molecule has 0 aliphatic heterocycles. The number of carboxylic acids is 1. The lowest BCUT2D eigenvalue weighted by Gasteiger charge is -2.11. The van der Waals surface area contributed by atoms with Crippen molar-refractivity contribution in [3.8, 4) is 0 Å². The first-order valence-corrected chi connectivity index (χ1v) is 8.49. The van der Waals surface area contributed by atoms with Crippen LogP contribution in [0.5, 0.6) is 0 Å². The lowest BCUT2D eigenvalue weighted by molar-refractivity contribution is -0.142. The van der Waals surface area contributed by atoms with Crippen molar-refractivity contribution in [2.45, 2.75) is 38.4 Å². The third kappa shape index (κ3) is 3.46. The third-order valence-corrected chi connectivity index (χ3v) is 5.62. The summed E-state index contributed by atoms with van der Waals surface area (Å²) in [5, 5.41) is 12.3. The highest BCUT2D eigenvalue weighted by Gasteiger charge is 2.34. The number of carbonyl (C=O) groups excluding carboxylic acids is 1. The number of hydrogen-bond acceptors (Lipinski definition) is 4. The molecule has 0 unspecified atom stereocenters. The summed E-state index contributed by atoms with van der Waals surface area (Å²) in [5.74, 6) is -1.74. The van der Waals surface area contributed by atoms with Crippen molar-refractivity contribution < 1.29 is 27.9 Å². The van der Waals surface area contributed by atoms with Gasteiger partial charge in [-0.15, -0.1) is 11.3 Å². The van der Waals surface area contributed by atoms with Gasteiger partial charge in [0.2, 0.25) is 0 Å². The molecule has 25 heavy (non-hydrogen) atoms. The Morgan fingerprint density at radius 3 is 2.64 bits per heavy atom. The number of fused-ring (bicyclic) bond motifs is 1. The Kier molecular flexibility index (Phi) is 4.44. The SMILES string of the molecule is Cc1c(C(=O)N[C@@H]2CC[C@H](C(=O)O)C2)sc2nc(C(F)(F)F)ccc12. The Balaban J connectivity index is 1.82. The van der Waals surface area contributed by atoms with Gasteiger partial charge < -0.3 is 10.4 Å². The lowest BCUT2D eigenvalue weighted by atomic mass is 10.1. The standard InChI is InChI=1S/C16H15F3N2O3S/c1-7-10-4-5-11(16(17,18)19)21-14(10)25-12(7)13(22)20-9-3-2-8(6-9)15(23)24/h4-5,8-9H,2-3,6H2,1H3,(H,20,22)(H,23,24)/t8-,9+/m0/s1. The quantitative estimate of drug-likeness (QED) is 0.863. The number of halogens is 3. The van der Waals surface area contributed by atoms with Crippen LogP contribution in [0.15, 0.2) is 12.1 Å². The Morgan fingerprint density at radius 2 is 2.04 bits per heavy atom. The molecule has 5 nitrogen and oxygen atoms in total. The van der Waals surface area contributed by atoms with E-state index in [1.165, 1.54) is 6.07 Å². The lowest BCUT2D eigenvalue weighted by Crippen LogP contribution is -2.33. The molecule has 1 aliphatic rings. The first-order chi connectivity index (χ1) is 11.7. The molecular weight excluding hydrogens is 357 g/mol. The molecule has 0 spiro atoms. The highest BCUT2D eigenvalue weighted by Crippen LogP contribution is 2.34. The highest BCUT2D eigenvalue weighted by molar-refractivity contribution is 7.20. The van der Waals surface area contributed by atoms with E-state index in [1.54, 1.807) is 6.92 Å². The van der Waals surface area contributed by atoms with Crippen molar-refractivity contribution in [1.29, 1.82) is 0 Å². The van der Waals surface area contributed by atoms with Crippen molar-refractivity contribution in [3.05, 3.63) is 28.3 Å². The van der Waals surface area contributed by atoms with Gasteiger partial charge in [-0.2, -0.15) is 13.2 Å². The van der Waals surface area contributed by atoms with E-state index >= 15 is 0 Å². The maximum absolute atomic E-state index is 12.8. The minimum absolute atomic E-state index is 0.160. The molecule has 134 valence electrons. The largest absolute Gasteiger partial charge is 0.481 e. The van der Waals surface area contributed by atoms with Gasteiger partial charge in [0, 0.05) is 11.4 Å². The van der Waals surface area contributed by atoms with Gasteiger partial charge in [0.1, 0.15) is 10.5 Å². The van der Waals surface area contributed by atoms with Crippen LogP contribution in [0.25, 0.3) is 10.2 Å². The summed E-state index contributed by atoms with van der Waals surface area (Å²) in [4.78, 5) is 27.5. The van der Waals surface area contributed by atoms with Gasteiger partial charge in [-0.05, 0) is 43.9 Å². The third-order valence-electron chi connectivity index (χ3n) is 4.42. The van der Waals surface area contributed by atoms with Gasteiger partial charge in [0.25, 0.3) is 5.91 Å². The van der Waals surface area contributed by atoms with E-state index in [9.17, 15) is 22.8 Å². The van der Waals surface area contributed by atoms with Crippen LogP contribution in [0.1, 0.15) is 40.2 Å². The molecule has 2 aromatic rings. The molecule has 0 aromatic carbocycles. The average Bonchev–Trinajstić information content (AvgIpc) is 3.11. The van der Waals surface area contributed by atoms with Crippen molar-refractivity contribution in [1.82, 2.24) is 10.3 Å². The number of rotatable bonds is 3. The van der Waals surface area contributed by atoms with Crippen LogP contribution in [0, 0.1) is 12.8 Å². The topological polar surface area (TPSA) is 79.3 Å². The van der Waals surface area contributed by atoms with Crippen molar-refractivity contribution >= 4 is 33.4 Å². The molecular formula is C16H15F3N2O3S. The van der Waals surface area contributed by atoms with Crippen molar-refractivity contribution in [3.63, 3.8) is 0 Å². The van der Waals surface area contributed by atoms with Gasteiger partial charge in [0.05, 0.1) is 10.8 Å². The Labute approximate surface area is 144 Å². The second kappa shape index (κ2) is 6.29. The first-order valence-electron chi connectivity index (χ1n) is 7.68. The molecule has 3 rings (SSSR count). The Hall–Kier alpha value is -2.16. The number of carbonyl (C=O) groups is 2. The molecule has 2 atom stereocenters. The van der Waals surface area contributed by atoms with E-state index in [0.29, 0.717) is 35.1 Å². The number of hydrogen-bond donors (Lipinski definition) is 2. The number of aromatic nitrogens is 1. The summed E-state index contributed by atoms with van der Waals surface area (Å²) in [6, 6.07) is 1.99. The van der Waals surface area contributed by atoms with Crippen LogP contribution in [0.4, 0.5) is 13.2 Å². The van der Waals surface area contributed by atoms with E-state index in [2.05, 4.69) is 10.3 Å². The van der Waals surface area contributed by atoms with E-state index in [1.807, 2.05) is 0 Å². The monoisotopic (exact) mass is 372 g/mol. The van der Waals surface area contributed by atoms with Gasteiger partial charge >= 0.3 is 12.1 Å². The number of alkyl halides is 3. The van der Waals surface area contributed by atoms with Crippen LogP contribution in [0.2, 0.25) is 0 Å². The Bertz CT molecular complexity index is 847. The van der Waals surface area contributed by atoms with Crippen LogP contribution >= 0.6 is 11.3 Å². The van der Waals surface area contributed by atoms with E-state index < -0.39 is 29.7 Å². The van der Waals surface area contributed by atoms with Crippen LogP contribution in [-0.2, 0) is 11.0 Å². The minimum atomic E-state index is -4.54. The summed E-state index contributed by atoms with van der Waals surface area (Å²) in [6.07, 6.45) is -3.10. The molecule has 1 amide bonds. The molecule has 1 saturated carbocycles. The number of pyridine rings is 1. The number of aliphatic carboxylic acids is 1. The smallest absolute Gasteiger partial charge is 0.433 e. The molecule has 0 saturated heterocycles. The number of thiophene rings is 1. The molecule has 2 heterocycles. The molecule has 9 heteroatoms. The normalized spacial score (nSPS) is 20.8. The zero-order valence-corrected chi connectivity index (χ0v) is 14.0. The molecule has 2 aromatic heterocycles. The molecule has 1 aliphatic carbocycles. The zero-order chi connectivity index (χ0) is 18.4. The van der Waals surface area contributed by atoms with E-state index in [-0.39, 0.29) is 10.9 Å². The van der Waals surface area contributed by atoms with Crippen LogP contribution in [0.3, 0.4) is 0 Å². The van der Waals surface area contributed by atoms with Gasteiger partial charge in [0.15, 0.2) is 0 Å². The summed E-state index contributed by atoms with van der Waals surface area (Å²) >= 11 is 0.913.